The molecule has 0 radical (unpaired) electrons. The molecular weight excluding hydrogens is 334 g/mol. The van der Waals surface area contributed by atoms with Gasteiger partial charge in [-0.1, -0.05) is 42.5 Å². The molecule has 25 heavy (non-hydrogen) atoms. The number of benzene rings is 2. The van der Waals surface area contributed by atoms with E-state index in [1.165, 1.54) is 0 Å². The van der Waals surface area contributed by atoms with Gasteiger partial charge in [-0.2, -0.15) is 0 Å². The van der Waals surface area contributed by atoms with Crippen LogP contribution in [0, 0.1) is 0 Å². The SMILES string of the molecule is CN(C)CC/C=C1\c2ccccc2OCc2c1oc1ccccc21.Cl. The van der Waals surface area contributed by atoms with Crippen molar-refractivity contribution in [3.8, 4) is 5.75 Å². The number of nitrogens with zero attached hydrogens (tertiary/aromatic N) is 1. The van der Waals surface area contributed by atoms with Crippen LogP contribution in [0.25, 0.3) is 16.5 Å². The van der Waals surface area contributed by atoms with Gasteiger partial charge in [-0.25, -0.2) is 0 Å². The summed E-state index contributed by atoms with van der Waals surface area (Å²) in [5.74, 6) is 1.86. The lowest BCUT2D eigenvalue weighted by molar-refractivity contribution is 0.307. The van der Waals surface area contributed by atoms with Crippen LogP contribution < -0.4 is 4.74 Å². The lowest BCUT2D eigenvalue weighted by atomic mass is 9.99. The fourth-order valence-corrected chi connectivity index (χ4v) is 3.22. The van der Waals surface area contributed by atoms with Crippen molar-refractivity contribution >= 4 is 28.9 Å². The first-order chi connectivity index (χ1) is 11.7. The Bertz CT molecular complexity index is 911. The van der Waals surface area contributed by atoms with E-state index in [-0.39, 0.29) is 12.4 Å². The van der Waals surface area contributed by atoms with Crippen LogP contribution >= 0.6 is 12.4 Å². The van der Waals surface area contributed by atoms with Crippen LogP contribution in [0.3, 0.4) is 0 Å². The lowest BCUT2D eigenvalue weighted by Crippen LogP contribution is -2.12. The molecule has 0 amide bonds. The number of ether oxygens (including phenoxy) is 1. The molecular formula is C21H22ClNO2. The van der Waals surface area contributed by atoms with Crippen molar-refractivity contribution in [2.24, 2.45) is 0 Å². The largest absolute Gasteiger partial charge is 0.488 e. The quantitative estimate of drug-likeness (QED) is 0.651. The topological polar surface area (TPSA) is 25.6 Å². The second-order valence-corrected chi connectivity index (χ2v) is 6.40. The summed E-state index contributed by atoms with van der Waals surface area (Å²) in [6.07, 6.45) is 3.24. The summed E-state index contributed by atoms with van der Waals surface area (Å²) in [7, 11) is 4.19. The van der Waals surface area contributed by atoms with Gasteiger partial charge in [-0.3, -0.25) is 0 Å². The molecule has 3 aromatic rings. The second kappa shape index (κ2) is 7.34. The minimum atomic E-state index is 0. The van der Waals surface area contributed by atoms with E-state index < -0.39 is 0 Å². The number of rotatable bonds is 3. The van der Waals surface area contributed by atoms with E-state index in [4.69, 9.17) is 9.15 Å². The molecule has 2 aromatic carbocycles. The molecule has 0 aliphatic carbocycles. The van der Waals surface area contributed by atoms with Gasteiger partial charge in [0, 0.05) is 28.6 Å². The molecule has 1 aliphatic rings. The Morgan fingerprint density at radius 2 is 1.80 bits per heavy atom. The first-order valence-electron chi connectivity index (χ1n) is 8.32. The highest BCUT2D eigenvalue weighted by atomic mass is 35.5. The first kappa shape index (κ1) is 17.6. The van der Waals surface area contributed by atoms with Crippen LogP contribution in [0.4, 0.5) is 0 Å². The number of halogens is 1. The van der Waals surface area contributed by atoms with E-state index in [0.717, 1.165) is 52.1 Å². The molecule has 0 fully saturated rings. The van der Waals surface area contributed by atoms with Crippen molar-refractivity contribution in [2.75, 3.05) is 20.6 Å². The van der Waals surface area contributed by atoms with Crippen LogP contribution in [0.15, 0.2) is 59.0 Å². The third-order valence-electron chi connectivity index (χ3n) is 4.42. The van der Waals surface area contributed by atoms with E-state index in [1.54, 1.807) is 0 Å². The van der Waals surface area contributed by atoms with Crippen LogP contribution in [-0.4, -0.2) is 25.5 Å². The van der Waals surface area contributed by atoms with Crippen LogP contribution in [0.2, 0.25) is 0 Å². The highest BCUT2D eigenvalue weighted by Gasteiger charge is 2.24. The fraction of sp³-hybridized carbons (Fsp3) is 0.238. The molecule has 4 rings (SSSR count). The molecule has 0 saturated carbocycles. The Balaban J connectivity index is 0.00000182. The zero-order valence-corrected chi connectivity index (χ0v) is 15.3. The van der Waals surface area contributed by atoms with Gasteiger partial charge in [-0.05, 0) is 32.6 Å². The molecule has 0 saturated heterocycles. The average Bonchev–Trinajstić information content (AvgIpc) is 2.88. The molecule has 0 unspecified atom stereocenters. The maximum atomic E-state index is 6.24. The summed E-state index contributed by atoms with van der Waals surface area (Å²) in [6, 6.07) is 16.4. The Hall–Kier alpha value is -2.23. The average molecular weight is 356 g/mol. The van der Waals surface area contributed by atoms with Gasteiger partial charge in [-0.15, -0.1) is 12.4 Å². The molecule has 130 valence electrons. The highest BCUT2D eigenvalue weighted by molar-refractivity contribution is 5.91. The van der Waals surface area contributed by atoms with Crippen LogP contribution in [0.1, 0.15) is 23.3 Å². The van der Waals surface area contributed by atoms with Crippen LogP contribution in [-0.2, 0) is 6.61 Å². The Morgan fingerprint density at radius 3 is 2.64 bits per heavy atom. The predicted molar refractivity (Wildman–Crippen MR) is 104 cm³/mol. The van der Waals surface area contributed by atoms with Gasteiger partial charge < -0.3 is 14.1 Å². The molecule has 1 aromatic heterocycles. The van der Waals surface area contributed by atoms with Crippen molar-refractivity contribution in [3.63, 3.8) is 0 Å². The Kier molecular flexibility index (Phi) is 5.16. The Labute approximate surface area is 154 Å². The zero-order chi connectivity index (χ0) is 16.5. The number of hydrogen-bond donors (Lipinski definition) is 0. The van der Waals surface area contributed by atoms with Gasteiger partial charge in [0.25, 0.3) is 0 Å². The Morgan fingerprint density at radius 1 is 1.04 bits per heavy atom. The van der Waals surface area contributed by atoms with Crippen molar-refractivity contribution in [2.45, 2.75) is 13.0 Å². The number of hydrogen-bond acceptors (Lipinski definition) is 3. The second-order valence-electron chi connectivity index (χ2n) is 6.40. The van der Waals surface area contributed by atoms with E-state index in [0.29, 0.717) is 6.61 Å². The molecule has 1 aliphatic heterocycles. The van der Waals surface area contributed by atoms with Crippen molar-refractivity contribution in [3.05, 3.63) is 71.5 Å². The van der Waals surface area contributed by atoms with Crippen molar-refractivity contribution in [1.82, 2.24) is 4.90 Å². The normalized spacial score (nSPS) is 14.6. The smallest absolute Gasteiger partial charge is 0.142 e. The molecule has 0 atom stereocenters. The van der Waals surface area contributed by atoms with Gasteiger partial charge in [0.15, 0.2) is 0 Å². The third kappa shape index (κ3) is 3.30. The number of para-hydroxylation sites is 2. The third-order valence-corrected chi connectivity index (χ3v) is 4.42. The summed E-state index contributed by atoms with van der Waals surface area (Å²) in [5.41, 5.74) is 4.30. The van der Waals surface area contributed by atoms with Gasteiger partial charge in [0.2, 0.25) is 0 Å². The highest BCUT2D eigenvalue weighted by Crippen LogP contribution is 2.40. The summed E-state index contributed by atoms with van der Waals surface area (Å²) in [4.78, 5) is 2.19. The zero-order valence-electron chi connectivity index (χ0n) is 14.5. The van der Waals surface area contributed by atoms with E-state index in [2.05, 4.69) is 43.3 Å². The summed E-state index contributed by atoms with van der Waals surface area (Å²) < 4.78 is 12.3. The lowest BCUT2D eigenvalue weighted by Gasteiger charge is -2.10. The van der Waals surface area contributed by atoms with Crippen molar-refractivity contribution < 1.29 is 9.15 Å². The number of fused-ring (bicyclic) bond motifs is 4. The number of furan rings is 1. The maximum absolute atomic E-state index is 6.24. The first-order valence-corrected chi connectivity index (χ1v) is 8.32. The summed E-state index contributed by atoms with van der Waals surface area (Å²) >= 11 is 0. The molecule has 4 heteroatoms. The fourth-order valence-electron chi connectivity index (χ4n) is 3.22. The monoisotopic (exact) mass is 355 g/mol. The molecule has 3 nitrogen and oxygen atoms in total. The van der Waals surface area contributed by atoms with Gasteiger partial charge in [0.1, 0.15) is 23.7 Å². The van der Waals surface area contributed by atoms with Gasteiger partial charge in [0.05, 0.1) is 0 Å². The standard InChI is InChI=1S/C21H21NO2.ClH/c1-22(2)13-7-10-17-15-8-3-5-11-19(15)23-14-18-16-9-4-6-12-20(16)24-21(17)18;/h3-6,8-12H,7,13-14H2,1-2H3;1H/b17-10+;. The maximum Gasteiger partial charge on any atom is 0.142 e. The molecule has 0 spiro atoms. The summed E-state index contributed by atoms with van der Waals surface area (Å²) in [6.45, 7) is 1.54. The van der Waals surface area contributed by atoms with Crippen molar-refractivity contribution in [1.29, 1.82) is 0 Å². The van der Waals surface area contributed by atoms with E-state index >= 15 is 0 Å². The summed E-state index contributed by atoms with van der Waals surface area (Å²) in [5, 5.41) is 1.14. The molecule has 0 bridgehead atoms. The molecule has 2 heterocycles. The predicted octanol–water partition coefficient (Wildman–Crippen LogP) is 5.13. The minimum absolute atomic E-state index is 0. The van der Waals surface area contributed by atoms with Crippen LogP contribution in [0.5, 0.6) is 5.75 Å². The van der Waals surface area contributed by atoms with Gasteiger partial charge >= 0.3 is 0 Å². The minimum Gasteiger partial charge on any atom is -0.488 e. The van der Waals surface area contributed by atoms with E-state index in [9.17, 15) is 0 Å². The molecule has 0 N–H and O–H groups in total. The van der Waals surface area contributed by atoms with E-state index in [1.807, 2.05) is 30.3 Å².